The number of aliphatic hydroxyl groups is 1. The summed E-state index contributed by atoms with van der Waals surface area (Å²) in [4.78, 5) is 3.54. The Morgan fingerprint density at radius 3 is 2.14 bits per heavy atom. The average molecular weight is 302 g/mol. The molecule has 0 aromatic heterocycles. The van der Waals surface area contributed by atoms with Crippen LogP contribution in [0.2, 0.25) is 0 Å². The fraction of sp³-hybridized carbons (Fsp3) is 0.600. The molecule has 0 spiro atoms. The zero-order valence-corrected chi connectivity index (χ0v) is 11.9. The molecule has 1 aliphatic heterocycles. The molecule has 1 fully saturated rings. The van der Waals surface area contributed by atoms with E-state index in [1.54, 1.807) is 0 Å². The van der Waals surface area contributed by atoms with Crippen LogP contribution >= 0.6 is 0 Å². The molecule has 1 aliphatic rings. The quantitative estimate of drug-likeness (QED) is 0.904. The highest BCUT2D eigenvalue weighted by molar-refractivity contribution is 5.17. The first kappa shape index (κ1) is 16.3. The van der Waals surface area contributed by atoms with Gasteiger partial charge in [-0.2, -0.15) is 13.2 Å². The van der Waals surface area contributed by atoms with Crippen molar-refractivity contribution < 1.29 is 18.3 Å². The number of aliphatic hydroxyl groups excluding tert-OH is 1. The zero-order chi connectivity index (χ0) is 15.3. The van der Waals surface area contributed by atoms with Crippen LogP contribution in [0.25, 0.3) is 0 Å². The maximum absolute atomic E-state index is 12.3. The third-order valence-corrected chi connectivity index (χ3v) is 3.77. The van der Waals surface area contributed by atoms with Crippen LogP contribution in [0.5, 0.6) is 0 Å². The van der Waals surface area contributed by atoms with Gasteiger partial charge in [0, 0.05) is 32.7 Å². The van der Waals surface area contributed by atoms with Crippen LogP contribution in [0, 0.1) is 0 Å². The lowest BCUT2D eigenvalue weighted by Crippen LogP contribution is -2.49. The Labute approximate surface area is 123 Å². The van der Waals surface area contributed by atoms with E-state index in [2.05, 4.69) is 4.90 Å². The fourth-order valence-corrected chi connectivity index (χ4v) is 2.57. The maximum atomic E-state index is 12.3. The lowest BCUT2D eigenvalue weighted by molar-refractivity contribution is -0.149. The largest absolute Gasteiger partial charge is 0.401 e. The van der Waals surface area contributed by atoms with E-state index in [-0.39, 0.29) is 0 Å². The molecule has 1 N–H and O–H groups in total. The SMILES string of the molecule is OC(CCN1CCN(CC(F)(F)F)CC1)c1ccccc1. The van der Waals surface area contributed by atoms with Gasteiger partial charge in [-0.1, -0.05) is 30.3 Å². The molecule has 21 heavy (non-hydrogen) atoms. The Kier molecular flexibility index (Phi) is 5.61. The van der Waals surface area contributed by atoms with Gasteiger partial charge in [0.15, 0.2) is 0 Å². The van der Waals surface area contributed by atoms with Gasteiger partial charge < -0.3 is 10.0 Å². The molecule has 2 rings (SSSR count). The van der Waals surface area contributed by atoms with Gasteiger partial charge in [-0.3, -0.25) is 4.90 Å². The van der Waals surface area contributed by atoms with E-state index in [1.807, 2.05) is 30.3 Å². The summed E-state index contributed by atoms with van der Waals surface area (Å²) in [7, 11) is 0. The summed E-state index contributed by atoms with van der Waals surface area (Å²) < 4.78 is 36.9. The predicted molar refractivity (Wildman–Crippen MR) is 75.0 cm³/mol. The van der Waals surface area contributed by atoms with Gasteiger partial charge in [0.25, 0.3) is 0 Å². The van der Waals surface area contributed by atoms with Crippen molar-refractivity contribution in [3.8, 4) is 0 Å². The third-order valence-electron chi connectivity index (χ3n) is 3.77. The van der Waals surface area contributed by atoms with Crippen molar-refractivity contribution in [1.29, 1.82) is 0 Å². The second kappa shape index (κ2) is 7.24. The minimum Gasteiger partial charge on any atom is -0.388 e. The molecule has 1 saturated heterocycles. The Morgan fingerprint density at radius 2 is 1.57 bits per heavy atom. The minimum atomic E-state index is -4.12. The lowest BCUT2D eigenvalue weighted by atomic mass is 10.1. The Bertz CT molecular complexity index is 417. The topological polar surface area (TPSA) is 26.7 Å². The molecule has 0 bridgehead atoms. The van der Waals surface area contributed by atoms with E-state index in [1.165, 1.54) is 4.90 Å². The van der Waals surface area contributed by atoms with Crippen LogP contribution < -0.4 is 0 Å². The smallest absolute Gasteiger partial charge is 0.388 e. The zero-order valence-electron chi connectivity index (χ0n) is 11.9. The molecule has 118 valence electrons. The molecular formula is C15H21F3N2O. The molecule has 6 heteroatoms. The van der Waals surface area contributed by atoms with Gasteiger partial charge in [0.1, 0.15) is 0 Å². The molecule has 3 nitrogen and oxygen atoms in total. The molecule has 0 aliphatic carbocycles. The van der Waals surface area contributed by atoms with Crippen LogP contribution in [0.15, 0.2) is 30.3 Å². The summed E-state index contributed by atoms with van der Waals surface area (Å²) in [6, 6.07) is 9.43. The third kappa shape index (κ3) is 5.65. The standard InChI is InChI=1S/C15H21F3N2O/c16-15(17,18)12-20-10-8-19(9-11-20)7-6-14(21)13-4-2-1-3-5-13/h1-5,14,21H,6-12H2. The first-order chi connectivity index (χ1) is 9.94. The molecule has 1 unspecified atom stereocenters. The van der Waals surface area contributed by atoms with E-state index in [4.69, 9.17) is 0 Å². The van der Waals surface area contributed by atoms with Gasteiger partial charge in [0.2, 0.25) is 0 Å². The molecule has 1 aromatic rings. The molecule has 0 saturated carbocycles. The van der Waals surface area contributed by atoms with Crippen molar-refractivity contribution >= 4 is 0 Å². The van der Waals surface area contributed by atoms with Crippen molar-refractivity contribution in [3.05, 3.63) is 35.9 Å². The summed E-state index contributed by atoms with van der Waals surface area (Å²) in [6.07, 6.45) is -4.03. The van der Waals surface area contributed by atoms with Crippen molar-refractivity contribution in [1.82, 2.24) is 9.80 Å². The molecule has 1 aromatic carbocycles. The second-order valence-corrected chi connectivity index (χ2v) is 5.45. The molecule has 0 amide bonds. The number of hydrogen-bond acceptors (Lipinski definition) is 3. The Morgan fingerprint density at radius 1 is 1.00 bits per heavy atom. The number of hydrogen-bond donors (Lipinski definition) is 1. The number of alkyl halides is 3. The van der Waals surface area contributed by atoms with Crippen molar-refractivity contribution in [2.24, 2.45) is 0 Å². The van der Waals surface area contributed by atoms with Gasteiger partial charge in [-0.15, -0.1) is 0 Å². The van der Waals surface area contributed by atoms with Gasteiger partial charge >= 0.3 is 6.18 Å². The lowest BCUT2D eigenvalue weighted by Gasteiger charge is -2.35. The normalized spacial score (nSPS) is 19.6. The van der Waals surface area contributed by atoms with Crippen molar-refractivity contribution in [2.45, 2.75) is 18.7 Å². The van der Waals surface area contributed by atoms with Crippen LogP contribution in [-0.2, 0) is 0 Å². The molecule has 1 atom stereocenters. The van der Waals surface area contributed by atoms with E-state index in [0.717, 1.165) is 5.56 Å². The van der Waals surface area contributed by atoms with Crippen molar-refractivity contribution in [2.75, 3.05) is 39.3 Å². The fourth-order valence-electron chi connectivity index (χ4n) is 2.57. The number of nitrogens with zero attached hydrogens (tertiary/aromatic N) is 2. The minimum absolute atomic E-state index is 0.431. The van der Waals surface area contributed by atoms with Crippen LogP contribution in [0.3, 0.4) is 0 Å². The number of rotatable bonds is 5. The average Bonchev–Trinajstić information content (AvgIpc) is 2.45. The first-order valence-corrected chi connectivity index (χ1v) is 7.18. The molecule has 0 radical (unpaired) electrons. The van der Waals surface area contributed by atoms with Gasteiger partial charge in [0.05, 0.1) is 12.6 Å². The van der Waals surface area contributed by atoms with Crippen LogP contribution in [-0.4, -0.2) is 60.4 Å². The van der Waals surface area contributed by atoms with Crippen LogP contribution in [0.4, 0.5) is 13.2 Å². The maximum Gasteiger partial charge on any atom is 0.401 e. The highest BCUT2D eigenvalue weighted by Crippen LogP contribution is 2.19. The summed E-state index contributed by atoms with van der Waals surface area (Å²) >= 11 is 0. The van der Waals surface area contributed by atoms with Crippen molar-refractivity contribution in [3.63, 3.8) is 0 Å². The highest BCUT2D eigenvalue weighted by Gasteiger charge is 2.32. The van der Waals surface area contributed by atoms with Gasteiger partial charge in [-0.25, -0.2) is 0 Å². The number of piperazine rings is 1. The van der Waals surface area contributed by atoms with E-state index in [9.17, 15) is 18.3 Å². The summed E-state index contributed by atoms with van der Waals surface area (Å²) in [5.74, 6) is 0. The highest BCUT2D eigenvalue weighted by atomic mass is 19.4. The van der Waals surface area contributed by atoms with Crippen LogP contribution in [0.1, 0.15) is 18.1 Å². The molecular weight excluding hydrogens is 281 g/mol. The van der Waals surface area contributed by atoms with E-state index >= 15 is 0 Å². The predicted octanol–water partition coefficient (Wildman–Crippen LogP) is 2.29. The summed E-state index contributed by atoms with van der Waals surface area (Å²) in [5.41, 5.74) is 0.883. The summed E-state index contributed by atoms with van der Waals surface area (Å²) in [5, 5.41) is 10.1. The van der Waals surface area contributed by atoms with E-state index in [0.29, 0.717) is 39.1 Å². The Balaban J connectivity index is 1.69. The van der Waals surface area contributed by atoms with E-state index < -0.39 is 18.8 Å². The Hall–Kier alpha value is -1.11. The molecule has 1 heterocycles. The second-order valence-electron chi connectivity index (χ2n) is 5.45. The first-order valence-electron chi connectivity index (χ1n) is 7.18. The summed E-state index contributed by atoms with van der Waals surface area (Å²) in [6.45, 7) is 1.99. The monoisotopic (exact) mass is 302 g/mol. The number of benzene rings is 1. The van der Waals surface area contributed by atoms with Gasteiger partial charge in [-0.05, 0) is 12.0 Å². The number of halogens is 3.